The van der Waals surface area contributed by atoms with E-state index in [0.29, 0.717) is 29.3 Å². The third-order valence-corrected chi connectivity index (χ3v) is 5.57. The van der Waals surface area contributed by atoms with Crippen LogP contribution in [-0.4, -0.2) is 40.6 Å². The molecule has 0 amide bonds. The van der Waals surface area contributed by atoms with Crippen molar-refractivity contribution in [3.63, 3.8) is 0 Å². The van der Waals surface area contributed by atoms with Gasteiger partial charge in [0.15, 0.2) is 0 Å². The summed E-state index contributed by atoms with van der Waals surface area (Å²) in [5.74, 6) is 1.09. The number of hydrogen-bond acceptors (Lipinski definition) is 5. The summed E-state index contributed by atoms with van der Waals surface area (Å²) in [5, 5.41) is 0. The second-order valence-corrected chi connectivity index (χ2v) is 7.23. The Balaban J connectivity index is 1.90. The molecule has 2 aliphatic heterocycles. The Morgan fingerprint density at radius 2 is 2.09 bits per heavy atom. The molecule has 0 aromatic heterocycles. The molecule has 3 rings (SSSR count). The van der Waals surface area contributed by atoms with Crippen LogP contribution < -0.4 is 9.46 Å². The highest BCUT2D eigenvalue weighted by molar-refractivity contribution is 8.00. The molecule has 1 aromatic carbocycles. The molecule has 0 bridgehead atoms. The molecule has 23 heavy (non-hydrogen) atoms. The first-order valence-electron chi connectivity index (χ1n) is 7.56. The number of aliphatic imine (C=N–C) groups is 1. The van der Waals surface area contributed by atoms with Gasteiger partial charge in [-0.2, -0.15) is 0 Å². The maximum absolute atomic E-state index is 12.4. The summed E-state index contributed by atoms with van der Waals surface area (Å²) < 4.78 is 38.0. The summed E-state index contributed by atoms with van der Waals surface area (Å²) in [6.07, 6.45) is 2.09. The average Bonchev–Trinajstić information content (AvgIpc) is 3.12. The minimum atomic E-state index is -3.59. The number of nitrogens with one attached hydrogen (secondary N) is 1. The zero-order valence-corrected chi connectivity index (χ0v) is 14.0. The molecule has 2 heterocycles. The average molecular weight is 336 g/mol. The van der Waals surface area contributed by atoms with E-state index in [1.165, 1.54) is 0 Å². The van der Waals surface area contributed by atoms with E-state index in [1.807, 2.05) is 0 Å². The zero-order valence-electron chi connectivity index (χ0n) is 13.2. The summed E-state index contributed by atoms with van der Waals surface area (Å²) in [6, 6.07) is 6.96. The van der Waals surface area contributed by atoms with Crippen LogP contribution in [0, 0.1) is 0 Å². The van der Waals surface area contributed by atoms with E-state index in [2.05, 4.69) is 9.71 Å². The molecule has 0 spiro atoms. The molecule has 1 aromatic rings. The molecular weight excluding hydrogens is 316 g/mol. The van der Waals surface area contributed by atoms with Crippen molar-refractivity contribution in [2.24, 2.45) is 4.99 Å². The number of hydrogen-bond donors (Lipinski definition) is 1. The largest absolute Gasteiger partial charge is 0.497 e. The Morgan fingerprint density at radius 1 is 1.35 bits per heavy atom. The van der Waals surface area contributed by atoms with E-state index in [-0.39, 0.29) is 11.0 Å². The van der Waals surface area contributed by atoms with E-state index < -0.39 is 10.0 Å². The number of ether oxygens (including phenoxy) is 2. The fraction of sp³-hybridized carbons (Fsp3) is 0.438. The summed E-state index contributed by atoms with van der Waals surface area (Å²) in [6.45, 7) is 3.00. The van der Waals surface area contributed by atoms with Crippen LogP contribution in [0.25, 0.3) is 4.91 Å². The lowest BCUT2D eigenvalue weighted by atomic mass is 10.1. The van der Waals surface area contributed by atoms with Crippen molar-refractivity contribution in [2.45, 2.75) is 25.9 Å². The summed E-state index contributed by atoms with van der Waals surface area (Å²) in [5.41, 5.74) is 1.26. The fourth-order valence-electron chi connectivity index (χ4n) is 2.81. The minimum absolute atomic E-state index is 0.0878. The normalized spacial score (nSPS) is 25.0. The van der Waals surface area contributed by atoms with E-state index >= 15 is 0 Å². The first-order chi connectivity index (χ1) is 11.0. The van der Waals surface area contributed by atoms with Gasteiger partial charge in [0.2, 0.25) is 0 Å². The summed E-state index contributed by atoms with van der Waals surface area (Å²) >= 11 is 0. The van der Waals surface area contributed by atoms with Gasteiger partial charge in [0, 0.05) is 12.2 Å². The molecule has 1 fully saturated rings. The topological polar surface area (TPSA) is 77.0 Å². The number of sulfonamides is 1. The number of methoxy groups -OCH3 is 1. The fourth-order valence-corrected chi connectivity index (χ4v) is 4.33. The van der Waals surface area contributed by atoms with Gasteiger partial charge in [-0.25, -0.2) is 8.42 Å². The van der Waals surface area contributed by atoms with Crippen molar-refractivity contribution >= 4 is 20.8 Å². The minimum Gasteiger partial charge on any atom is -0.497 e. The molecular formula is C16H20N2O4S. The molecule has 1 N–H and O–H groups in total. The highest BCUT2D eigenvalue weighted by Gasteiger charge is 2.32. The summed E-state index contributed by atoms with van der Waals surface area (Å²) in [7, 11) is -2.01. The lowest BCUT2D eigenvalue weighted by Gasteiger charge is -2.06. The molecule has 7 heteroatoms. The first kappa shape index (κ1) is 16.0. The van der Waals surface area contributed by atoms with Gasteiger partial charge in [-0.15, -0.1) is 0 Å². The Labute approximate surface area is 136 Å². The van der Waals surface area contributed by atoms with Gasteiger partial charge in [0.05, 0.1) is 19.8 Å². The third-order valence-electron chi connectivity index (χ3n) is 4.02. The van der Waals surface area contributed by atoms with Gasteiger partial charge in [0.1, 0.15) is 16.5 Å². The van der Waals surface area contributed by atoms with Gasteiger partial charge in [-0.1, -0.05) is 0 Å². The molecule has 0 aliphatic carbocycles. The van der Waals surface area contributed by atoms with Crippen LogP contribution in [-0.2, 0) is 14.8 Å². The van der Waals surface area contributed by atoms with Gasteiger partial charge in [-0.3, -0.25) is 9.71 Å². The van der Waals surface area contributed by atoms with Gasteiger partial charge < -0.3 is 9.47 Å². The standard InChI is InChI=1S/C16H20N2O4S/c1-11-15(12-5-7-13(21-2)8-6-12)23(19,20)18-16(11)17-10-14-4-3-9-22-14/h5-8,14H,3-4,9-10H2,1-2H3,(H,17,18). The molecule has 1 unspecified atom stereocenters. The molecule has 2 aliphatic rings. The van der Waals surface area contributed by atoms with Crippen molar-refractivity contribution in [2.75, 3.05) is 20.3 Å². The number of amidine groups is 1. The predicted molar refractivity (Wildman–Crippen MR) is 88.9 cm³/mol. The quantitative estimate of drug-likeness (QED) is 0.911. The monoisotopic (exact) mass is 336 g/mol. The van der Waals surface area contributed by atoms with Crippen molar-refractivity contribution < 1.29 is 17.9 Å². The molecule has 1 saturated heterocycles. The van der Waals surface area contributed by atoms with Gasteiger partial charge in [0.25, 0.3) is 10.0 Å². The van der Waals surface area contributed by atoms with Crippen molar-refractivity contribution in [1.82, 2.24) is 4.72 Å². The van der Waals surface area contributed by atoms with Crippen LogP contribution >= 0.6 is 0 Å². The summed E-state index contributed by atoms with van der Waals surface area (Å²) in [4.78, 5) is 4.68. The first-order valence-corrected chi connectivity index (χ1v) is 9.04. The molecule has 6 nitrogen and oxygen atoms in total. The molecule has 1 atom stereocenters. The molecule has 0 radical (unpaired) electrons. The SMILES string of the molecule is COc1ccc(C2=C(C)C(=NCC3CCCO3)NS2(=O)=O)cc1. The smallest absolute Gasteiger partial charge is 0.264 e. The number of nitrogens with zero attached hydrogens (tertiary/aromatic N) is 1. The highest BCUT2D eigenvalue weighted by atomic mass is 32.2. The van der Waals surface area contributed by atoms with E-state index in [4.69, 9.17) is 9.47 Å². The zero-order chi connectivity index (χ0) is 16.4. The Hall–Kier alpha value is -1.86. The number of benzene rings is 1. The highest BCUT2D eigenvalue weighted by Crippen LogP contribution is 2.30. The second kappa shape index (κ2) is 6.33. The van der Waals surface area contributed by atoms with Crippen LogP contribution in [0.5, 0.6) is 5.75 Å². The van der Waals surface area contributed by atoms with Gasteiger partial charge in [-0.05, 0) is 49.6 Å². The van der Waals surface area contributed by atoms with Crippen LogP contribution in [0.3, 0.4) is 0 Å². The van der Waals surface area contributed by atoms with Crippen molar-refractivity contribution in [3.05, 3.63) is 35.4 Å². The van der Waals surface area contributed by atoms with Gasteiger partial charge >= 0.3 is 0 Å². The van der Waals surface area contributed by atoms with Crippen molar-refractivity contribution in [1.29, 1.82) is 0 Å². The van der Waals surface area contributed by atoms with E-state index in [0.717, 1.165) is 19.4 Å². The maximum Gasteiger partial charge on any atom is 0.264 e. The van der Waals surface area contributed by atoms with Crippen LogP contribution in [0.1, 0.15) is 25.3 Å². The lowest BCUT2D eigenvalue weighted by Crippen LogP contribution is -2.25. The van der Waals surface area contributed by atoms with Crippen LogP contribution in [0.15, 0.2) is 34.8 Å². The van der Waals surface area contributed by atoms with Crippen LogP contribution in [0.4, 0.5) is 0 Å². The molecule has 0 saturated carbocycles. The van der Waals surface area contributed by atoms with E-state index in [1.54, 1.807) is 38.3 Å². The van der Waals surface area contributed by atoms with Crippen LogP contribution in [0.2, 0.25) is 0 Å². The predicted octanol–water partition coefficient (Wildman–Crippen LogP) is 1.94. The van der Waals surface area contributed by atoms with E-state index in [9.17, 15) is 8.42 Å². The lowest BCUT2D eigenvalue weighted by molar-refractivity contribution is 0.118. The Kier molecular flexibility index (Phi) is 4.41. The Bertz CT molecular complexity index is 745. The number of rotatable bonds is 4. The molecule has 124 valence electrons. The third kappa shape index (κ3) is 3.25. The Morgan fingerprint density at radius 3 is 2.70 bits per heavy atom. The maximum atomic E-state index is 12.4. The van der Waals surface area contributed by atoms with Crippen molar-refractivity contribution in [3.8, 4) is 5.75 Å². The second-order valence-electron chi connectivity index (χ2n) is 5.61.